The third kappa shape index (κ3) is 4.77. The van der Waals surface area contributed by atoms with Crippen molar-refractivity contribution < 1.29 is 12.9 Å². The van der Waals surface area contributed by atoms with Gasteiger partial charge in [0.1, 0.15) is 0 Å². The molecule has 3 rings (SSSR count). The SMILES string of the molecule is Cc1nc(CNCc2ccc(-c3cccc(S(N)(=O)=O)c3/C(N)=N/N)cc2)no1. The van der Waals surface area contributed by atoms with Crippen molar-refractivity contribution in [1.29, 1.82) is 0 Å². The Morgan fingerprint density at radius 3 is 2.48 bits per heavy atom. The molecule has 152 valence electrons. The van der Waals surface area contributed by atoms with Crippen molar-refractivity contribution in [2.45, 2.75) is 24.9 Å². The molecule has 0 aliphatic rings. The van der Waals surface area contributed by atoms with Gasteiger partial charge in [0.15, 0.2) is 11.7 Å². The standard InChI is InChI=1S/C18H21N7O3S/c1-11-23-16(25-28-11)10-22-9-12-5-7-13(8-6-12)14-3-2-4-15(29(21,26)27)17(14)18(19)24-20/h2-8,22H,9-10,20H2,1H3,(H2,19,24)(H2,21,26,27). The van der Waals surface area contributed by atoms with Crippen LogP contribution in [0.1, 0.15) is 22.8 Å². The molecule has 0 radical (unpaired) electrons. The lowest BCUT2D eigenvalue weighted by Gasteiger charge is -2.13. The maximum absolute atomic E-state index is 11.9. The molecule has 11 heteroatoms. The van der Waals surface area contributed by atoms with Gasteiger partial charge in [-0.15, -0.1) is 0 Å². The Morgan fingerprint density at radius 1 is 1.17 bits per heavy atom. The van der Waals surface area contributed by atoms with Crippen molar-refractivity contribution in [2.24, 2.45) is 21.8 Å². The summed E-state index contributed by atoms with van der Waals surface area (Å²) in [6.45, 7) is 2.80. The van der Waals surface area contributed by atoms with Crippen LogP contribution in [0, 0.1) is 6.92 Å². The van der Waals surface area contributed by atoms with Gasteiger partial charge in [0.25, 0.3) is 0 Å². The molecule has 0 saturated carbocycles. The van der Waals surface area contributed by atoms with Crippen LogP contribution in [0.25, 0.3) is 11.1 Å². The molecular weight excluding hydrogens is 394 g/mol. The Kier molecular flexibility index (Phi) is 5.92. The van der Waals surface area contributed by atoms with E-state index in [-0.39, 0.29) is 16.3 Å². The van der Waals surface area contributed by atoms with Gasteiger partial charge in [-0.2, -0.15) is 10.1 Å². The summed E-state index contributed by atoms with van der Waals surface area (Å²) in [5.41, 5.74) is 8.35. The number of aryl methyl sites for hydroxylation is 1. The highest BCUT2D eigenvalue weighted by Gasteiger charge is 2.20. The van der Waals surface area contributed by atoms with Crippen molar-refractivity contribution >= 4 is 15.9 Å². The molecule has 0 saturated heterocycles. The molecule has 1 heterocycles. The van der Waals surface area contributed by atoms with Gasteiger partial charge in [0, 0.05) is 19.0 Å². The smallest absolute Gasteiger partial charge is 0.238 e. The van der Waals surface area contributed by atoms with Gasteiger partial charge >= 0.3 is 0 Å². The fraction of sp³-hybridized carbons (Fsp3) is 0.167. The first kappa shape index (κ1) is 20.5. The zero-order valence-corrected chi connectivity index (χ0v) is 16.5. The molecular formula is C18H21N7O3S. The largest absolute Gasteiger partial charge is 0.382 e. The Bertz CT molecular complexity index is 1140. The second-order valence-electron chi connectivity index (χ2n) is 6.27. The summed E-state index contributed by atoms with van der Waals surface area (Å²) in [4.78, 5) is 3.99. The molecule has 0 fully saturated rings. The van der Waals surface area contributed by atoms with Gasteiger partial charge in [-0.3, -0.25) is 0 Å². The predicted octanol–water partition coefficient (Wildman–Crippen LogP) is 0.561. The monoisotopic (exact) mass is 415 g/mol. The highest BCUT2D eigenvalue weighted by atomic mass is 32.2. The molecule has 0 unspecified atom stereocenters. The Balaban J connectivity index is 1.84. The number of sulfonamides is 1. The van der Waals surface area contributed by atoms with E-state index in [1.54, 1.807) is 19.1 Å². The van der Waals surface area contributed by atoms with E-state index >= 15 is 0 Å². The molecule has 0 bridgehead atoms. The number of hydrogen-bond acceptors (Lipinski definition) is 8. The minimum absolute atomic E-state index is 0.120. The molecule has 10 nitrogen and oxygen atoms in total. The fourth-order valence-corrected chi connectivity index (χ4v) is 3.64. The number of rotatable bonds is 7. The normalized spacial score (nSPS) is 12.3. The Labute approximate surface area is 167 Å². The van der Waals surface area contributed by atoms with E-state index < -0.39 is 10.0 Å². The van der Waals surface area contributed by atoms with Crippen LogP contribution < -0.4 is 22.0 Å². The van der Waals surface area contributed by atoms with Crippen LogP contribution >= 0.6 is 0 Å². The van der Waals surface area contributed by atoms with Gasteiger partial charge in [-0.05, 0) is 22.8 Å². The van der Waals surface area contributed by atoms with E-state index in [4.69, 9.17) is 21.2 Å². The van der Waals surface area contributed by atoms with Crippen molar-refractivity contribution in [3.05, 3.63) is 65.3 Å². The quantitative estimate of drug-likeness (QED) is 0.187. The minimum Gasteiger partial charge on any atom is -0.382 e. The third-order valence-corrected chi connectivity index (χ3v) is 5.13. The van der Waals surface area contributed by atoms with E-state index in [0.717, 1.165) is 11.1 Å². The lowest BCUT2D eigenvalue weighted by Crippen LogP contribution is -2.23. The number of amidine groups is 1. The second-order valence-corrected chi connectivity index (χ2v) is 7.80. The molecule has 29 heavy (non-hydrogen) atoms. The third-order valence-electron chi connectivity index (χ3n) is 4.17. The molecule has 7 N–H and O–H groups in total. The highest BCUT2D eigenvalue weighted by molar-refractivity contribution is 7.89. The van der Waals surface area contributed by atoms with E-state index in [1.165, 1.54) is 6.07 Å². The van der Waals surface area contributed by atoms with Crippen molar-refractivity contribution in [3.8, 4) is 11.1 Å². The number of aromatic nitrogens is 2. The number of nitrogens with one attached hydrogen (secondary N) is 1. The average molecular weight is 415 g/mol. The Hall–Kier alpha value is -3.28. The summed E-state index contributed by atoms with van der Waals surface area (Å²) in [6, 6.07) is 12.2. The number of nitrogens with zero attached hydrogens (tertiary/aromatic N) is 3. The molecule has 0 amide bonds. The zero-order chi connectivity index (χ0) is 21.0. The first-order chi connectivity index (χ1) is 13.8. The summed E-state index contributed by atoms with van der Waals surface area (Å²) < 4.78 is 28.8. The first-order valence-corrected chi connectivity index (χ1v) is 10.1. The minimum atomic E-state index is -4.01. The van der Waals surface area contributed by atoms with E-state index in [0.29, 0.717) is 30.4 Å². The molecule has 2 aromatic carbocycles. The van der Waals surface area contributed by atoms with Gasteiger partial charge in [-0.1, -0.05) is 41.6 Å². The van der Waals surface area contributed by atoms with Crippen LogP contribution in [0.3, 0.4) is 0 Å². The van der Waals surface area contributed by atoms with E-state index in [1.807, 2.05) is 24.3 Å². The topological polar surface area (TPSA) is 176 Å². The summed E-state index contributed by atoms with van der Waals surface area (Å²) in [6.07, 6.45) is 0. The highest BCUT2D eigenvalue weighted by Crippen LogP contribution is 2.28. The van der Waals surface area contributed by atoms with Gasteiger partial charge in [0.2, 0.25) is 15.9 Å². The molecule has 0 atom stereocenters. The summed E-state index contributed by atoms with van der Waals surface area (Å²) in [5.74, 6) is 6.28. The predicted molar refractivity (Wildman–Crippen MR) is 108 cm³/mol. The van der Waals surface area contributed by atoms with Crippen LogP contribution in [0.4, 0.5) is 0 Å². The van der Waals surface area contributed by atoms with Crippen LogP contribution in [0.15, 0.2) is 57.0 Å². The van der Waals surface area contributed by atoms with Crippen LogP contribution in [0.2, 0.25) is 0 Å². The molecule has 1 aromatic heterocycles. The van der Waals surface area contributed by atoms with Crippen molar-refractivity contribution in [3.63, 3.8) is 0 Å². The number of primary sulfonamides is 1. The molecule has 0 aliphatic heterocycles. The van der Waals surface area contributed by atoms with Crippen LogP contribution in [0.5, 0.6) is 0 Å². The number of hydrogen-bond donors (Lipinski definition) is 4. The summed E-state index contributed by atoms with van der Waals surface area (Å²) in [5, 5.41) is 15.8. The fourth-order valence-electron chi connectivity index (χ4n) is 2.87. The van der Waals surface area contributed by atoms with Crippen LogP contribution in [-0.4, -0.2) is 24.4 Å². The van der Waals surface area contributed by atoms with E-state index in [9.17, 15) is 8.42 Å². The van der Waals surface area contributed by atoms with Gasteiger partial charge in [0.05, 0.1) is 11.4 Å². The van der Waals surface area contributed by atoms with Crippen molar-refractivity contribution in [1.82, 2.24) is 15.5 Å². The lowest BCUT2D eigenvalue weighted by molar-refractivity contribution is 0.385. The number of benzene rings is 2. The van der Waals surface area contributed by atoms with Gasteiger partial charge in [-0.25, -0.2) is 13.6 Å². The molecule has 0 aliphatic carbocycles. The maximum atomic E-state index is 11.9. The first-order valence-electron chi connectivity index (χ1n) is 8.58. The molecule has 3 aromatic rings. The molecule has 0 spiro atoms. The average Bonchev–Trinajstić information content (AvgIpc) is 3.11. The maximum Gasteiger partial charge on any atom is 0.238 e. The lowest BCUT2D eigenvalue weighted by atomic mass is 9.98. The van der Waals surface area contributed by atoms with Gasteiger partial charge < -0.3 is 21.4 Å². The zero-order valence-electron chi connectivity index (χ0n) is 15.7. The van der Waals surface area contributed by atoms with Crippen molar-refractivity contribution in [2.75, 3.05) is 0 Å². The van der Waals surface area contributed by atoms with Crippen LogP contribution in [-0.2, 0) is 23.1 Å². The number of hydrazone groups is 1. The summed E-state index contributed by atoms with van der Waals surface area (Å²) in [7, 11) is -4.01. The van der Waals surface area contributed by atoms with E-state index in [2.05, 4.69) is 20.6 Å². The Morgan fingerprint density at radius 2 is 1.90 bits per heavy atom. The second kappa shape index (κ2) is 8.39. The number of nitrogens with two attached hydrogens (primary N) is 3. The summed E-state index contributed by atoms with van der Waals surface area (Å²) >= 11 is 0.